The maximum atomic E-state index is 11.2. The third-order valence-electron chi connectivity index (χ3n) is 6.05. The first kappa shape index (κ1) is 19.7. The number of para-hydroxylation sites is 1. The second-order valence-corrected chi connectivity index (χ2v) is 7.94. The number of likely N-dealkylation sites (tertiary alicyclic amines) is 1. The average Bonchev–Trinajstić information content (AvgIpc) is 2.68. The molecule has 0 radical (unpaired) electrons. The fourth-order valence-electron chi connectivity index (χ4n) is 4.41. The summed E-state index contributed by atoms with van der Waals surface area (Å²) in [6, 6.07) is 16.5. The normalized spacial score (nSPS) is 17.5. The molecular weight excluding hydrogens is 338 g/mol. The van der Waals surface area contributed by atoms with Crippen molar-refractivity contribution in [1.29, 1.82) is 0 Å². The minimum absolute atomic E-state index is 0.375. The molecule has 1 saturated heterocycles. The van der Waals surface area contributed by atoms with Gasteiger partial charge in [0, 0.05) is 17.5 Å². The standard InChI is InChI=1S/C23H31NO3/c1-22(2,25)23(19-11-8-12-20(26-3)21(19)27-4)13-15-24(16-14-23)17-18-9-6-5-7-10-18/h5-12,25H,13-17H2,1-4H3. The van der Waals surface area contributed by atoms with E-state index in [4.69, 9.17) is 9.47 Å². The zero-order chi connectivity index (χ0) is 19.5. The Morgan fingerprint density at radius 1 is 0.963 bits per heavy atom. The van der Waals surface area contributed by atoms with Crippen molar-refractivity contribution in [2.45, 2.75) is 44.2 Å². The van der Waals surface area contributed by atoms with E-state index < -0.39 is 5.60 Å². The van der Waals surface area contributed by atoms with Crippen molar-refractivity contribution in [1.82, 2.24) is 4.90 Å². The van der Waals surface area contributed by atoms with Gasteiger partial charge in [-0.15, -0.1) is 0 Å². The molecular formula is C23H31NO3. The molecule has 0 unspecified atom stereocenters. The lowest BCUT2D eigenvalue weighted by Gasteiger charge is -2.49. The largest absolute Gasteiger partial charge is 0.493 e. The van der Waals surface area contributed by atoms with Crippen molar-refractivity contribution in [2.24, 2.45) is 0 Å². The first-order valence-corrected chi connectivity index (χ1v) is 9.61. The highest BCUT2D eigenvalue weighted by molar-refractivity contribution is 5.51. The Morgan fingerprint density at radius 2 is 1.63 bits per heavy atom. The number of nitrogens with zero attached hydrogens (tertiary/aromatic N) is 1. The van der Waals surface area contributed by atoms with Gasteiger partial charge in [-0.2, -0.15) is 0 Å². The van der Waals surface area contributed by atoms with E-state index in [0.717, 1.165) is 43.8 Å². The minimum atomic E-state index is -0.870. The Labute approximate surface area is 162 Å². The molecule has 0 aliphatic carbocycles. The average molecular weight is 370 g/mol. The number of ether oxygens (including phenoxy) is 2. The Morgan fingerprint density at radius 3 is 2.19 bits per heavy atom. The van der Waals surface area contributed by atoms with Crippen molar-refractivity contribution < 1.29 is 14.6 Å². The molecule has 0 amide bonds. The fourth-order valence-corrected chi connectivity index (χ4v) is 4.41. The van der Waals surface area contributed by atoms with E-state index in [-0.39, 0.29) is 5.41 Å². The van der Waals surface area contributed by atoms with E-state index in [0.29, 0.717) is 5.75 Å². The SMILES string of the molecule is COc1cccc(C2(C(C)(C)O)CCN(Cc3ccccc3)CC2)c1OC. The maximum Gasteiger partial charge on any atom is 0.164 e. The maximum absolute atomic E-state index is 11.2. The van der Waals surface area contributed by atoms with Gasteiger partial charge in [0.25, 0.3) is 0 Å². The molecule has 2 aromatic rings. The van der Waals surface area contributed by atoms with Gasteiger partial charge in [-0.05, 0) is 51.4 Å². The van der Waals surface area contributed by atoms with Crippen LogP contribution < -0.4 is 9.47 Å². The van der Waals surface area contributed by atoms with Crippen LogP contribution in [0.4, 0.5) is 0 Å². The van der Waals surface area contributed by atoms with Crippen LogP contribution in [0, 0.1) is 0 Å². The molecule has 1 N–H and O–H groups in total. The third-order valence-corrected chi connectivity index (χ3v) is 6.05. The summed E-state index contributed by atoms with van der Waals surface area (Å²) < 4.78 is 11.2. The van der Waals surface area contributed by atoms with Crippen LogP contribution in [0.2, 0.25) is 0 Å². The summed E-state index contributed by atoms with van der Waals surface area (Å²) in [5, 5.41) is 11.2. The van der Waals surface area contributed by atoms with Crippen LogP contribution in [0.15, 0.2) is 48.5 Å². The fraction of sp³-hybridized carbons (Fsp3) is 0.478. The van der Waals surface area contributed by atoms with Gasteiger partial charge in [-0.1, -0.05) is 42.5 Å². The predicted molar refractivity (Wildman–Crippen MR) is 108 cm³/mol. The molecule has 1 heterocycles. The molecule has 3 rings (SSSR count). The van der Waals surface area contributed by atoms with Gasteiger partial charge in [0.05, 0.1) is 19.8 Å². The van der Waals surface area contributed by atoms with E-state index >= 15 is 0 Å². The number of aliphatic hydroxyl groups is 1. The highest BCUT2D eigenvalue weighted by atomic mass is 16.5. The number of hydrogen-bond acceptors (Lipinski definition) is 4. The second-order valence-electron chi connectivity index (χ2n) is 7.94. The summed E-state index contributed by atoms with van der Waals surface area (Å²) >= 11 is 0. The van der Waals surface area contributed by atoms with Gasteiger partial charge in [-0.25, -0.2) is 0 Å². The first-order valence-electron chi connectivity index (χ1n) is 9.61. The Balaban J connectivity index is 1.89. The van der Waals surface area contributed by atoms with Gasteiger partial charge < -0.3 is 14.6 Å². The van der Waals surface area contributed by atoms with Gasteiger partial charge >= 0.3 is 0 Å². The Hall–Kier alpha value is -2.04. The van der Waals surface area contributed by atoms with Crippen molar-refractivity contribution in [2.75, 3.05) is 27.3 Å². The summed E-state index contributed by atoms with van der Waals surface area (Å²) in [6.07, 6.45) is 1.74. The summed E-state index contributed by atoms with van der Waals surface area (Å²) in [5.41, 5.74) is 1.12. The van der Waals surface area contributed by atoms with Crippen LogP contribution in [0.1, 0.15) is 37.8 Å². The van der Waals surface area contributed by atoms with Crippen LogP contribution >= 0.6 is 0 Å². The molecule has 1 aliphatic heterocycles. The minimum Gasteiger partial charge on any atom is -0.493 e. The molecule has 0 saturated carbocycles. The lowest BCUT2D eigenvalue weighted by Crippen LogP contribution is -2.54. The molecule has 2 aromatic carbocycles. The summed E-state index contributed by atoms with van der Waals surface area (Å²) in [5.74, 6) is 1.45. The van der Waals surface area contributed by atoms with E-state index in [1.54, 1.807) is 14.2 Å². The molecule has 0 bridgehead atoms. The molecule has 0 aromatic heterocycles. The molecule has 146 valence electrons. The van der Waals surface area contributed by atoms with Gasteiger partial charge in [0.1, 0.15) is 0 Å². The molecule has 0 spiro atoms. The Kier molecular flexibility index (Phi) is 5.78. The second kappa shape index (κ2) is 7.91. The highest BCUT2D eigenvalue weighted by Crippen LogP contribution is 2.49. The highest BCUT2D eigenvalue weighted by Gasteiger charge is 2.49. The van der Waals surface area contributed by atoms with E-state index in [1.807, 2.05) is 32.0 Å². The van der Waals surface area contributed by atoms with Crippen LogP contribution in [-0.2, 0) is 12.0 Å². The summed E-state index contributed by atoms with van der Waals surface area (Å²) in [7, 11) is 3.32. The molecule has 1 aliphatic rings. The first-order chi connectivity index (χ1) is 12.9. The van der Waals surface area contributed by atoms with Gasteiger partial charge in [-0.3, -0.25) is 4.90 Å². The van der Waals surface area contributed by atoms with E-state index in [1.165, 1.54) is 5.56 Å². The van der Waals surface area contributed by atoms with Crippen LogP contribution in [-0.4, -0.2) is 42.9 Å². The molecule has 1 fully saturated rings. The van der Waals surface area contributed by atoms with Crippen LogP contribution in [0.25, 0.3) is 0 Å². The van der Waals surface area contributed by atoms with Gasteiger partial charge in [0.2, 0.25) is 0 Å². The zero-order valence-corrected chi connectivity index (χ0v) is 16.9. The van der Waals surface area contributed by atoms with Crippen molar-refractivity contribution >= 4 is 0 Å². The van der Waals surface area contributed by atoms with Crippen molar-refractivity contribution in [3.63, 3.8) is 0 Å². The zero-order valence-electron chi connectivity index (χ0n) is 16.9. The summed E-state index contributed by atoms with van der Waals surface area (Å²) in [6.45, 7) is 6.63. The molecule has 27 heavy (non-hydrogen) atoms. The lowest BCUT2D eigenvalue weighted by molar-refractivity contribution is -0.0412. The molecule has 0 atom stereocenters. The molecule has 4 heteroatoms. The third kappa shape index (κ3) is 3.83. The van der Waals surface area contributed by atoms with Crippen LogP contribution in [0.5, 0.6) is 11.5 Å². The number of benzene rings is 2. The van der Waals surface area contributed by atoms with Crippen LogP contribution in [0.3, 0.4) is 0 Å². The number of methoxy groups -OCH3 is 2. The summed E-state index contributed by atoms with van der Waals surface area (Å²) in [4.78, 5) is 2.46. The van der Waals surface area contributed by atoms with Gasteiger partial charge in [0.15, 0.2) is 11.5 Å². The number of hydrogen-bond donors (Lipinski definition) is 1. The van der Waals surface area contributed by atoms with E-state index in [9.17, 15) is 5.11 Å². The number of rotatable bonds is 6. The number of piperidine rings is 1. The van der Waals surface area contributed by atoms with Crippen molar-refractivity contribution in [3.8, 4) is 11.5 Å². The van der Waals surface area contributed by atoms with E-state index in [2.05, 4.69) is 35.2 Å². The smallest absolute Gasteiger partial charge is 0.164 e. The lowest BCUT2D eigenvalue weighted by atomic mass is 9.62. The molecule has 4 nitrogen and oxygen atoms in total. The predicted octanol–water partition coefficient (Wildman–Crippen LogP) is 4.01. The Bertz CT molecular complexity index is 744. The van der Waals surface area contributed by atoms with Crippen molar-refractivity contribution in [3.05, 3.63) is 59.7 Å². The monoisotopic (exact) mass is 369 g/mol. The quantitative estimate of drug-likeness (QED) is 0.835. The topological polar surface area (TPSA) is 41.9 Å².